The van der Waals surface area contributed by atoms with Crippen LogP contribution in [0.4, 0.5) is 0 Å². The number of hydrogen-bond donors (Lipinski definition) is 0. The second kappa shape index (κ2) is 5.12. The summed E-state index contributed by atoms with van der Waals surface area (Å²) in [6.07, 6.45) is 0. The molecule has 1 aromatic rings. The maximum absolute atomic E-state index is 4.98. The summed E-state index contributed by atoms with van der Waals surface area (Å²) in [6.45, 7) is 0. The first-order chi connectivity index (χ1) is 4.86. The van der Waals surface area contributed by atoms with E-state index in [0.717, 1.165) is 11.5 Å². The van der Waals surface area contributed by atoms with Crippen molar-refractivity contribution < 1.29 is 9.47 Å². The van der Waals surface area contributed by atoms with Crippen LogP contribution in [0.3, 0.4) is 0 Å². The van der Waals surface area contributed by atoms with Gasteiger partial charge in [-0.05, 0) is 12.1 Å². The third-order valence-corrected chi connectivity index (χ3v) is 1.28. The summed E-state index contributed by atoms with van der Waals surface area (Å²) in [4.78, 5) is 0. The van der Waals surface area contributed by atoms with Crippen LogP contribution in [0, 0.1) is 0 Å². The van der Waals surface area contributed by atoms with Gasteiger partial charge < -0.3 is 9.47 Å². The molecule has 0 radical (unpaired) electrons. The SMILES string of the molecule is COc1cccc(OC)c1.[LiH]. The minimum atomic E-state index is 0. The Morgan fingerprint density at radius 1 is 1.00 bits per heavy atom. The summed E-state index contributed by atoms with van der Waals surface area (Å²) in [5.74, 6) is 1.64. The van der Waals surface area contributed by atoms with Crippen LogP contribution >= 0.6 is 0 Å². The fraction of sp³-hybridized carbons (Fsp3) is 0.250. The van der Waals surface area contributed by atoms with Crippen molar-refractivity contribution in [3.63, 3.8) is 0 Å². The van der Waals surface area contributed by atoms with Crippen LogP contribution in [0.2, 0.25) is 0 Å². The van der Waals surface area contributed by atoms with Gasteiger partial charge in [0, 0.05) is 6.07 Å². The van der Waals surface area contributed by atoms with Gasteiger partial charge in [0.2, 0.25) is 0 Å². The molecule has 0 N–H and O–H groups in total. The van der Waals surface area contributed by atoms with Crippen molar-refractivity contribution in [2.75, 3.05) is 14.2 Å². The van der Waals surface area contributed by atoms with Crippen molar-refractivity contribution in [3.05, 3.63) is 24.3 Å². The zero-order valence-corrected chi connectivity index (χ0v) is 6.13. The van der Waals surface area contributed by atoms with Crippen molar-refractivity contribution >= 4 is 18.9 Å². The number of methoxy groups -OCH3 is 2. The van der Waals surface area contributed by atoms with Gasteiger partial charge in [0.1, 0.15) is 11.5 Å². The molecule has 0 spiro atoms. The van der Waals surface area contributed by atoms with E-state index >= 15 is 0 Å². The zero-order chi connectivity index (χ0) is 7.40. The molecule has 2 nitrogen and oxygen atoms in total. The summed E-state index contributed by atoms with van der Waals surface area (Å²) in [7, 11) is 3.27. The van der Waals surface area contributed by atoms with Gasteiger partial charge in [0.25, 0.3) is 0 Å². The first-order valence-electron chi connectivity index (χ1n) is 3.05. The van der Waals surface area contributed by atoms with E-state index in [9.17, 15) is 0 Å². The van der Waals surface area contributed by atoms with E-state index < -0.39 is 0 Å². The van der Waals surface area contributed by atoms with Crippen molar-refractivity contribution in [3.8, 4) is 11.5 Å². The molecule has 0 amide bonds. The average Bonchev–Trinajstić information content (AvgIpc) is 2.05. The molecule has 0 aromatic heterocycles. The molecule has 0 aliphatic rings. The molecule has 56 valence electrons. The first-order valence-corrected chi connectivity index (χ1v) is 3.05. The van der Waals surface area contributed by atoms with Crippen LogP contribution in [0.5, 0.6) is 11.5 Å². The van der Waals surface area contributed by atoms with Gasteiger partial charge in [-0.25, -0.2) is 0 Å². The van der Waals surface area contributed by atoms with Crippen LogP contribution in [-0.2, 0) is 0 Å². The predicted octanol–water partition coefficient (Wildman–Crippen LogP) is 1.06. The molecular formula is C8H11LiO2. The van der Waals surface area contributed by atoms with E-state index in [-0.39, 0.29) is 18.9 Å². The first kappa shape index (κ1) is 10.4. The molecule has 0 unspecified atom stereocenters. The van der Waals surface area contributed by atoms with Gasteiger partial charge in [0.15, 0.2) is 0 Å². The Morgan fingerprint density at radius 2 is 1.45 bits per heavy atom. The van der Waals surface area contributed by atoms with Crippen molar-refractivity contribution in [1.82, 2.24) is 0 Å². The molecule has 0 aliphatic heterocycles. The average molecular weight is 146 g/mol. The second-order valence-electron chi connectivity index (χ2n) is 1.88. The second-order valence-corrected chi connectivity index (χ2v) is 1.88. The monoisotopic (exact) mass is 146 g/mol. The molecule has 0 saturated heterocycles. The summed E-state index contributed by atoms with van der Waals surface area (Å²) >= 11 is 0. The van der Waals surface area contributed by atoms with Gasteiger partial charge in [-0.15, -0.1) is 0 Å². The predicted molar refractivity (Wildman–Crippen MR) is 46.7 cm³/mol. The van der Waals surface area contributed by atoms with Crippen molar-refractivity contribution in [2.45, 2.75) is 0 Å². The van der Waals surface area contributed by atoms with Crippen LogP contribution in [-0.4, -0.2) is 33.1 Å². The normalized spacial score (nSPS) is 8.18. The maximum atomic E-state index is 4.98. The van der Waals surface area contributed by atoms with E-state index in [2.05, 4.69) is 0 Å². The third-order valence-electron chi connectivity index (χ3n) is 1.28. The molecule has 1 rings (SSSR count). The van der Waals surface area contributed by atoms with Gasteiger partial charge >= 0.3 is 18.9 Å². The van der Waals surface area contributed by atoms with E-state index in [1.807, 2.05) is 24.3 Å². The summed E-state index contributed by atoms with van der Waals surface area (Å²) in [5.41, 5.74) is 0. The molecule has 0 heterocycles. The molecular weight excluding hydrogens is 135 g/mol. The Hall–Kier alpha value is -0.583. The number of benzene rings is 1. The van der Waals surface area contributed by atoms with E-state index in [4.69, 9.17) is 9.47 Å². The number of rotatable bonds is 2. The van der Waals surface area contributed by atoms with Gasteiger partial charge in [-0.2, -0.15) is 0 Å². The van der Waals surface area contributed by atoms with Crippen LogP contribution < -0.4 is 9.47 Å². The Kier molecular flexibility index (Phi) is 4.85. The molecule has 0 bridgehead atoms. The molecule has 0 fully saturated rings. The van der Waals surface area contributed by atoms with Crippen molar-refractivity contribution in [2.24, 2.45) is 0 Å². The molecule has 11 heavy (non-hydrogen) atoms. The Balaban J connectivity index is 0.000001000. The van der Waals surface area contributed by atoms with E-state index in [1.54, 1.807) is 14.2 Å². The minimum absolute atomic E-state index is 0. The van der Waals surface area contributed by atoms with Crippen LogP contribution in [0.15, 0.2) is 24.3 Å². The topological polar surface area (TPSA) is 18.5 Å². The zero-order valence-electron chi connectivity index (χ0n) is 6.13. The third kappa shape index (κ3) is 2.88. The molecule has 0 saturated carbocycles. The summed E-state index contributed by atoms with van der Waals surface area (Å²) < 4.78 is 9.95. The Morgan fingerprint density at radius 3 is 1.82 bits per heavy atom. The van der Waals surface area contributed by atoms with Crippen LogP contribution in [0.25, 0.3) is 0 Å². The van der Waals surface area contributed by atoms with Crippen molar-refractivity contribution in [1.29, 1.82) is 0 Å². The Labute approximate surface area is 78.7 Å². The quantitative estimate of drug-likeness (QED) is 0.581. The van der Waals surface area contributed by atoms with Gasteiger partial charge in [-0.3, -0.25) is 0 Å². The fourth-order valence-corrected chi connectivity index (χ4v) is 0.728. The molecule has 3 heteroatoms. The van der Waals surface area contributed by atoms with Gasteiger partial charge in [-0.1, -0.05) is 6.07 Å². The molecule has 0 atom stereocenters. The van der Waals surface area contributed by atoms with E-state index in [0.29, 0.717) is 0 Å². The Bertz CT molecular complexity index is 194. The molecule has 0 aliphatic carbocycles. The number of hydrogen-bond acceptors (Lipinski definition) is 2. The fourth-order valence-electron chi connectivity index (χ4n) is 0.728. The van der Waals surface area contributed by atoms with E-state index in [1.165, 1.54) is 0 Å². The van der Waals surface area contributed by atoms with Gasteiger partial charge in [0.05, 0.1) is 14.2 Å². The molecule has 1 aromatic carbocycles. The standard InChI is InChI=1S/C8H10O2.Li.H/c1-9-7-4-3-5-8(6-7)10-2;;/h3-6H,1-2H3;;. The van der Waals surface area contributed by atoms with Crippen LogP contribution in [0.1, 0.15) is 0 Å². The summed E-state index contributed by atoms with van der Waals surface area (Å²) in [6, 6.07) is 7.47. The number of ether oxygens (including phenoxy) is 2. The summed E-state index contributed by atoms with van der Waals surface area (Å²) in [5, 5.41) is 0.